The topological polar surface area (TPSA) is 29.3 Å². The minimum atomic E-state index is 0. The molecule has 1 aliphatic heterocycles. The summed E-state index contributed by atoms with van der Waals surface area (Å²) in [5.41, 5.74) is 5.89. The minimum Gasteiger partial charge on any atom is -0.326 e. The molecule has 0 amide bonds. The maximum atomic E-state index is 5.89. The van der Waals surface area contributed by atoms with Gasteiger partial charge in [-0.25, -0.2) is 0 Å². The summed E-state index contributed by atoms with van der Waals surface area (Å²) in [6.07, 6.45) is 8.40. The van der Waals surface area contributed by atoms with Gasteiger partial charge in [-0.1, -0.05) is 19.3 Å². The van der Waals surface area contributed by atoms with Crippen molar-refractivity contribution in [1.29, 1.82) is 0 Å². The highest BCUT2D eigenvalue weighted by atomic mass is 35.5. The molecule has 2 rings (SSSR count). The summed E-state index contributed by atoms with van der Waals surface area (Å²) in [6.45, 7) is 2.41. The number of halogens is 1. The second kappa shape index (κ2) is 5.18. The van der Waals surface area contributed by atoms with Crippen LogP contribution in [0.4, 0.5) is 0 Å². The first-order chi connectivity index (χ1) is 5.86. The molecule has 1 atom stereocenters. The second-order valence-electron chi connectivity index (χ2n) is 4.34. The summed E-state index contributed by atoms with van der Waals surface area (Å²) in [4.78, 5) is 2.61. The Morgan fingerprint density at radius 3 is 2.23 bits per heavy atom. The van der Waals surface area contributed by atoms with Crippen LogP contribution in [-0.4, -0.2) is 30.1 Å². The van der Waals surface area contributed by atoms with E-state index in [-0.39, 0.29) is 12.4 Å². The first-order valence-electron chi connectivity index (χ1n) is 5.36. The fraction of sp³-hybridized carbons (Fsp3) is 1.00. The zero-order valence-electron chi connectivity index (χ0n) is 8.24. The normalized spacial score (nSPS) is 31.6. The van der Waals surface area contributed by atoms with Crippen LogP contribution in [0.1, 0.15) is 38.5 Å². The van der Waals surface area contributed by atoms with Crippen molar-refractivity contribution < 1.29 is 0 Å². The quantitative estimate of drug-likeness (QED) is 0.706. The Morgan fingerprint density at radius 1 is 1.00 bits per heavy atom. The molecule has 0 radical (unpaired) electrons. The van der Waals surface area contributed by atoms with Crippen LogP contribution in [0.2, 0.25) is 0 Å². The zero-order valence-corrected chi connectivity index (χ0v) is 9.06. The van der Waals surface area contributed by atoms with Crippen LogP contribution in [0.25, 0.3) is 0 Å². The van der Waals surface area contributed by atoms with Gasteiger partial charge in [0.15, 0.2) is 0 Å². The molecule has 0 spiro atoms. The van der Waals surface area contributed by atoms with Gasteiger partial charge in [-0.15, -0.1) is 12.4 Å². The first kappa shape index (κ1) is 11.3. The third kappa shape index (κ3) is 2.83. The highest BCUT2D eigenvalue weighted by Gasteiger charge is 2.26. The average molecular weight is 205 g/mol. The molecular formula is C10H21ClN2. The lowest BCUT2D eigenvalue weighted by molar-refractivity contribution is 0.189. The van der Waals surface area contributed by atoms with E-state index in [9.17, 15) is 0 Å². The summed E-state index contributed by atoms with van der Waals surface area (Å²) in [7, 11) is 0. The highest BCUT2D eigenvalue weighted by Crippen LogP contribution is 2.24. The molecule has 1 saturated carbocycles. The van der Waals surface area contributed by atoms with E-state index in [0.717, 1.165) is 12.6 Å². The van der Waals surface area contributed by atoms with Gasteiger partial charge in [-0.2, -0.15) is 0 Å². The SMILES string of the molecule is Cl.NC1CCN(C2CCCCC2)C1. The van der Waals surface area contributed by atoms with Gasteiger partial charge in [-0.3, -0.25) is 4.90 Å². The van der Waals surface area contributed by atoms with E-state index in [1.807, 2.05) is 0 Å². The van der Waals surface area contributed by atoms with E-state index < -0.39 is 0 Å². The summed E-state index contributed by atoms with van der Waals surface area (Å²) in [5.74, 6) is 0. The summed E-state index contributed by atoms with van der Waals surface area (Å²) < 4.78 is 0. The summed E-state index contributed by atoms with van der Waals surface area (Å²) in [5, 5.41) is 0. The monoisotopic (exact) mass is 204 g/mol. The minimum absolute atomic E-state index is 0. The van der Waals surface area contributed by atoms with E-state index in [1.54, 1.807) is 0 Å². The van der Waals surface area contributed by atoms with Crippen LogP contribution in [0.15, 0.2) is 0 Å². The Balaban J connectivity index is 0.000000845. The Hall–Kier alpha value is 0.210. The van der Waals surface area contributed by atoms with Crippen LogP contribution < -0.4 is 5.73 Å². The van der Waals surface area contributed by atoms with Gasteiger partial charge in [0.25, 0.3) is 0 Å². The van der Waals surface area contributed by atoms with Crippen molar-refractivity contribution in [3.8, 4) is 0 Å². The largest absolute Gasteiger partial charge is 0.326 e. The third-order valence-electron chi connectivity index (χ3n) is 3.35. The lowest BCUT2D eigenvalue weighted by Crippen LogP contribution is -2.36. The number of rotatable bonds is 1. The van der Waals surface area contributed by atoms with E-state index in [0.29, 0.717) is 6.04 Å². The van der Waals surface area contributed by atoms with Gasteiger partial charge < -0.3 is 5.73 Å². The molecule has 0 bridgehead atoms. The van der Waals surface area contributed by atoms with E-state index in [4.69, 9.17) is 5.73 Å². The molecule has 2 N–H and O–H groups in total. The predicted octanol–water partition coefficient (Wildman–Crippen LogP) is 1.77. The second-order valence-corrected chi connectivity index (χ2v) is 4.34. The molecule has 2 aliphatic rings. The van der Waals surface area contributed by atoms with Crippen molar-refractivity contribution in [3.05, 3.63) is 0 Å². The van der Waals surface area contributed by atoms with Gasteiger partial charge in [-0.05, 0) is 19.3 Å². The molecule has 2 nitrogen and oxygen atoms in total. The number of nitrogens with zero attached hydrogens (tertiary/aromatic N) is 1. The Kier molecular flexibility index (Phi) is 4.50. The molecule has 2 fully saturated rings. The average Bonchev–Trinajstić information content (AvgIpc) is 2.54. The summed E-state index contributed by atoms with van der Waals surface area (Å²) >= 11 is 0. The Morgan fingerprint density at radius 2 is 1.69 bits per heavy atom. The maximum absolute atomic E-state index is 5.89. The van der Waals surface area contributed by atoms with Crippen LogP contribution in [-0.2, 0) is 0 Å². The van der Waals surface area contributed by atoms with Gasteiger partial charge in [0, 0.05) is 25.2 Å². The van der Waals surface area contributed by atoms with Gasteiger partial charge in [0.1, 0.15) is 0 Å². The first-order valence-corrected chi connectivity index (χ1v) is 5.36. The zero-order chi connectivity index (χ0) is 8.39. The summed E-state index contributed by atoms with van der Waals surface area (Å²) in [6, 6.07) is 1.35. The van der Waals surface area contributed by atoms with Crippen LogP contribution in [0.5, 0.6) is 0 Å². The molecule has 1 heterocycles. The van der Waals surface area contributed by atoms with E-state index in [2.05, 4.69) is 4.90 Å². The van der Waals surface area contributed by atoms with Crippen molar-refractivity contribution in [2.75, 3.05) is 13.1 Å². The van der Waals surface area contributed by atoms with Crippen LogP contribution in [0, 0.1) is 0 Å². The van der Waals surface area contributed by atoms with Crippen molar-refractivity contribution in [1.82, 2.24) is 4.90 Å². The third-order valence-corrected chi connectivity index (χ3v) is 3.35. The molecule has 1 unspecified atom stereocenters. The van der Waals surface area contributed by atoms with Crippen molar-refractivity contribution >= 4 is 12.4 Å². The van der Waals surface area contributed by atoms with Crippen molar-refractivity contribution in [2.24, 2.45) is 5.73 Å². The van der Waals surface area contributed by atoms with Gasteiger partial charge >= 0.3 is 0 Å². The smallest absolute Gasteiger partial charge is 0.0180 e. The molecule has 3 heteroatoms. The molecule has 1 aliphatic carbocycles. The van der Waals surface area contributed by atoms with Crippen molar-refractivity contribution in [2.45, 2.75) is 50.6 Å². The molecule has 0 aromatic rings. The Labute approximate surface area is 87.3 Å². The predicted molar refractivity (Wildman–Crippen MR) is 58.3 cm³/mol. The lowest BCUT2D eigenvalue weighted by atomic mass is 9.94. The molecular weight excluding hydrogens is 184 g/mol. The maximum Gasteiger partial charge on any atom is 0.0180 e. The number of nitrogens with two attached hydrogens (primary N) is 1. The molecule has 78 valence electrons. The van der Waals surface area contributed by atoms with Gasteiger partial charge in [0.05, 0.1) is 0 Å². The highest BCUT2D eigenvalue weighted by molar-refractivity contribution is 5.85. The number of hydrogen-bond acceptors (Lipinski definition) is 2. The number of likely N-dealkylation sites (tertiary alicyclic amines) is 1. The van der Waals surface area contributed by atoms with E-state index >= 15 is 0 Å². The molecule has 1 saturated heterocycles. The Bertz CT molecular complexity index is 143. The van der Waals surface area contributed by atoms with Gasteiger partial charge in [0.2, 0.25) is 0 Å². The fourth-order valence-electron chi connectivity index (χ4n) is 2.59. The lowest BCUT2D eigenvalue weighted by Gasteiger charge is -2.30. The standard InChI is InChI=1S/C10H20N2.ClH/c11-9-6-7-12(8-9)10-4-2-1-3-5-10;/h9-10H,1-8,11H2;1H. The molecule has 13 heavy (non-hydrogen) atoms. The van der Waals surface area contributed by atoms with Crippen LogP contribution >= 0.6 is 12.4 Å². The van der Waals surface area contributed by atoms with Crippen molar-refractivity contribution in [3.63, 3.8) is 0 Å². The molecule has 0 aromatic carbocycles. The molecule has 0 aromatic heterocycles. The van der Waals surface area contributed by atoms with E-state index in [1.165, 1.54) is 45.1 Å². The van der Waals surface area contributed by atoms with Crippen LogP contribution in [0.3, 0.4) is 0 Å². The fourth-order valence-corrected chi connectivity index (χ4v) is 2.59. The number of hydrogen-bond donors (Lipinski definition) is 1.